The van der Waals surface area contributed by atoms with Gasteiger partial charge in [-0.1, -0.05) is 0 Å². The largest absolute Gasteiger partial charge is 0.473 e. The van der Waals surface area contributed by atoms with E-state index < -0.39 is 17.5 Å². The minimum atomic E-state index is -0.752. The summed E-state index contributed by atoms with van der Waals surface area (Å²) in [6, 6.07) is 3.58. The van der Waals surface area contributed by atoms with Gasteiger partial charge >= 0.3 is 0 Å². The third-order valence-corrected chi connectivity index (χ3v) is 7.57. The molecule has 36 heavy (non-hydrogen) atoms. The molecule has 3 fully saturated rings. The number of hydrogen-bond acceptors (Lipinski definition) is 5. The van der Waals surface area contributed by atoms with E-state index in [-0.39, 0.29) is 29.2 Å². The number of benzene rings is 1. The molecule has 0 saturated heterocycles. The molecule has 188 valence electrons. The van der Waals surface area contributed by atoms with Crippen LogP contribution in [0.4, 0.5) is 8.78 Å². The topological polar surface area (TPSA) is 117 Å². The van der Waals surface area contributed by atoms with Crippen LogP contribution in [0.2, 0.25) is 0 Å². The second kappa shape index (κ2) is 8.14. The molecule has 11 heteroatoms. The molecule has 2 amide bonds. The Hall–Kier alpha value is -3.76. The predicted octanol–water partition coefficient (Wildman–Crippen LogP) is 3.21. The first-order chi connectivity index (χ1) is 17.2. The summed E-state index contributed by atoms with van der Waals surface area (Å²) in [4.78, 5) is 24.6. The monoisotopic (exact) mass is 496 g/mol. The summed E-state index contributed by atoms with van der Waals surface area (Å²) in [6.07, 6.45) is 8.44. The quantitative estimate of drug-likeness (QED) is 0.521. The lowest BCUT2D eigenvalue weighted by atomic mass is 9.53. The minimum absolute atomic E-state index is 0.0269. The van der Waals surface area contributed by atoms with Crippen LogP contribution in [0.1, 0.15) is 71.0 Å². The Morgan fingerprint density at radius 3 is 2.58 bits per heavy atom. The second-order valence-corrected chi connectivity index (χ2v) is 10.3. The molecule has 0 bridgehead atoms. The predicted molar refractivity (Wildman–Crippen MR) is 124 cm³/mol. The standard InChI is InChI=1S/C25H26F2N6O3/c1-13-18(11-29-33(13)21-5-2-14(26)6-20(21)27)23(35)30-15-7-25(8-15)9-17(10-25)36-24-19(22(28)34)12-32(31-24)16-3-4-16/h2,5-6,11-12,15-17H,3-4,7-10H2,1H3,(H2,28,34)(H,30,35)/t15-,17-,25?. The fraction of sp³-hybridized carbons (Fsp3) is 0.440. The maximum Gasteiger partial charge on any atom is 0.255 e. The Morgan fingerprint density at radius 2 is 1.92 bits per heavy atom. The van der Waals surface area contributed by atoms with Crippen molar-refractivity contribution in [3.05, 3.63) is 59.0 Å². The number of primary amides is 1. The molecule has 3 aromatic rings. The van der Waals surface area contributed by atoms with E-state index in [0.717, 1.165) is 50.7 Å². The molecule has 3 aliphatic carbocycles. The van der Waals surface area contributed by atoms with E-state index in [4.69, 9.17) is 10.5 Å². The van der Waals surface area contributed by atoms with Gasteiger partial charge in [-0.2, -0.15) is 5.10 Å². The fourth-order valence-corrected chi connectivity index (χ4v) is 5.52. The summed E-state index contributed by atoms with van der Waals surface area (Å²) in [5.41, 5.74) is 6.83. The van der Waals surface area contributed by atoms with Gasteiger partial charge in [0.05, 0.1) is 23.5 Å². The first-order valence-corrected chi connectivity index (χ1v) is 12.1. The van der Waals surface area contributed by atoms with Crippen molar-refractivity contribution in [2.24, 2.45) is 11.1 Å². The van der Waals surface area contributed by atoms with E-state index in [9.17, 15) is 18.4 Å². The zero-order valence-electron chi connectivity index (χ0n) is 19.7. The third-order valence-electron chi connectivity index (χ3n) is 7.57. The van der Waals surface area contributed by atoms with Crippen LogP contribution in [0.25, 0.3) is 5.69 Å². The van der Waals surface area contributed by atoms with Crippen LogP contribution in [-0.4, -0.2) is 43.5 Å². The summed E-state index contributed by atoms with van der Waals surface area (Å²) in [5.74, 6) is -1.94. The Kier molecular flexibility index (Phi) is 5.13. The average Bonchev–Trinajstić information content (AvgIpc) is 3.43. The van der Waals surface area contributed by atoms with E-state index in [2.05, 4.69) is 15.5 Å². The summed E-state index contributed by atoms with van der Waals surface area (Å²) < 4.78 is 36.5. The Balaban J connectivity index is 1.03. The van der Waals surface area contributed by atoms with Crippen molar-refractivity contribution < 1.29 is 23.1 Å². The van der Waals surface area contributed by atoms with Gasteiger partial charge in [0, 0.05) is 18.3 Å². The van der Waals surface area contributed by atoms with Crippen LogP contribution in [-0.2, 0) is 0 Å². The number of amides is 2. The highest BCUT2D eigenvalue weighted by Crippen LogP contribution is 2.57. The molecular formula is C25H26F2N6O3. The molecule has 2 aromatic heterocycles. The molecule has 0 radical (unpaired) electrons. The minimum Gasteiger partial charge on any atom is -0.473 e. The fourth-order valence-electron chi connectivity index (χ4n) is 5.52. The molecular weight excluding hydrogens is 470 g/mol. The molecule has 1 aromatic carbocycles. The smallest absolute Gasteiger partial charge is 0.255 e. The average molecular weight is 497 g/mol. The highest BCUT2D eigenvalue weighted by atomic mass is 19.1. The number of nitrogens with zero attached hydrogens (tertiary/aromatic N) is 4. The first kappa shape index (κ1) is 22.7. The van der Waals surface area contributed by atoms with Gasteiger partial charge in [-0.05, 0) is 63.0 Å². The first-order valence-electron chi connectivity index (χ1n) is 12.1. The van der Waals surface area contributed by atoms with Crippen molar-refractivity contribution in [1.29, 1.82) is 0 Å². The number of carbonyl (C=O) groups is 2. The van der Waals surface area contributed by atoms with E-state index in [1.807, 2.05) is 0 Å². The lowest BCUT2D eigenvalue weighted by Crippen LogP contribution is -2.58. The number of aromatic nitrogens is 4. The van der Waals surface area contributed by atoms with Crippen molar-refractivity contribution in [1.82, 2.24) is 24.9 Å². The number of rotatable bonds is 7. The van der Waals surface area contributed by atoms with Crippen LogP contribution in [0.3, 0.4) is 0 Å². The van der Waals surface area contributed by atoms with Crippen LogP contribution >= 0.6 is 0 Å². The second-order valence-electron chi connectivity index (χ2n) is 10.3. The highest BCUT2D eigenvalue weighted by molar-refractivity contribution is 5.95. The number of ether oxygens (including phenoxy) is 1. The van der Waals surface area contributed by atoms with E-state index in [0.29, 0.717) is 28.7 Å². The Bertz CT molecular complexity index is 1360. The van der Waals surface area contributed by atoms with E-state index in [1.54, 1.807) is 17.8 Å². The maximum atomic E-state index is 14.2. The number of nitrogens with two attached hydrogens (primary N) is 1. The van der Waals surface area contributed by atoms with Gasteiger partial charge < -0.3 is 15.8 Å². The Morgan fingerprint density at radius 1 is 1.17 bits per heavy atom. The van der Waals surface area contributed by atoms with Gasteiger partial charge in [0.15, 0.2) is 5.82 Å². The molecule has 0 atom stereocenters. The molecule has 3 aliphatic rings. The van der Waals surface area contributed by atoms with Gasteiger partial charge in [0.2, 0.25) is 5.88 Å². The summed E-state index contributed by atoms with van der Waals surface area (Å²) in [5, 5.41) is 11.6. The zero-order valence-corrected chi connectivity index (χ0v) is 19.7. The third kappa shape index (κ3) is 3.92. The summed E-state index contributed by atoms with van der Waals surface area (Å²) in [7, 11) is 0. The summed E-state index contributed by atoms with van der Waals surface area (Å²) in [6.45, 7) is 1.67. The number of carbonyl (C=O) groups excluding carboxylic acids is 2. The van der Waals surface area contributed by atoms with Crippen LogP contribution in [0.5, 0.6) is 5.88 Å². The van der Waals surface area contributed by atoms with Crippen molar-refractivity contribution in [2.75, 3.05) is 0 Å². The van der Waals surface area contributed by atoms with Crippen molar-refractivity contribution >= 4 is 11.8 Å². The Labute approximate surface area is 205 Å². The molecule has 3 N–H and O–H groups in total. The normalized spacial score (nSPS) is 24.8. The zero-order chi connectivity index (χ0) is 25.2. The van der Waals surface area contributed by atoms with Crippen LogP contribution in [0.15, 0.2) is 30.6 Å². The molecule has 0 unspecified atom stereocenters. The van der Waals surface area contributed by atoms with Crippen LogP contribution < -0.4 is 15.8 Å². The van der Waals surface area contributed by atoms with Crippen molar-refractivity contribution in [3.8, 4) is 11.6 Å². The van der Waals surface area contributed by atoms with Gasteiger partial charge in [-0.25, -0.2) is 13.5 Å². The lowest BCUT2D eigenvalue weighted by Gasteiger charge is -2.57. The van der Waals surface area contributed by atoms with Gasteiger partial charge in [0.25, 0.3) is 11.8 Å². The molecule has 0 aliphatic heterocycles. The van der Waals surface area contributed by atoms with Crippen molar-refractivity contribution in [2.45, 2.75) is 63.6 Å². The molecule has 6 rings (SSSR count). The lowest BCUT2D eigenvalue weighted by molar-refractivity contribution is -0.0849. The molecule has 3 saturated carbocycles. The maximum absolute atomic E-state index is 14.2. The van der Waals surface area contributed by atoms with E-state index in [1.165, 1.54) is 16.9 Å². The van der Waals surface area contributed by atoms with Gasteiger partial charge in [-0.3, -0.25) is 14.3 Å². The van der Waals surface area contributed by atoms with E-state index >= 15 is 0 Å². The number of halogens is 2. The van der Waals surface area contributed by atoms with Crippen LogP contribution in [0, 0.1) is 24.0 Å². The number of hydrogen-bond donors (Lipinski definition) is 2. The summed E-state index contributed by atoms with van der Waals surface area (Å²) >= 11 is 0. The molecule has 2 heterocycles. The molecule has 1 spiro atoms. The van der Waals surface area contributed by atoms with Gasteiger partial charge in [0.1, 0.15) is 23.2 Å². The molecule has 9 nitrogen and oxygen atoms in total. The number of nitrogens with one attached hydrogen (secondary N) is 1. The van der Waals surface area contributed by atoms with Crippen molar-refractivity contribution in [3.63, 3.8) is 0 Å². The van der Waals surface area contributed by atoms with Gasteiger partial charge in [-0.15, -0.1) is 5.10 Å². The SMILES string of the molecule is Cc1c(C(=O)N[C@H]2CC3(C2)C[C@H](Oc2nn(C4CC4)cc2C(N)=O)C3)cnn1-c1ccc(F)cc1F. The highest BCUT2D eigenvalue weighted by Gasteiger charge is 2.54.